The van der Waals surface area contributed by atoms with Crippen LogP contribution in [0.3, 0.4) is 0 Å². The van der Waals surface area contributed by atoms with Crippen LogP contribution >= 0.6 is 0 Å². The van der Waals surface area contributed by atoms with Gasteiger partial charge in [-0.15, -0.1) is 0 Å². The number of hydrogen-bond donors (Lipinski definition) is 0. The number of rotatable bonds is 5. The lowest BCUT2D eigenvalue weighted by molar-refractivity contribution is -0.136. The van der Waals surface area contributed by atoms with Crippen molar-refractivity contribution in [3.05, 3.63) is 23.8 Å². The van der Waals surface area contributed by atoms with E-state index in [1.165, 1.54) is 0 Å². The number of likely N-dealkylation sites (tertiary alicyclic amines) is 2. The van der Waals surface area contributed by atoms with Gasteiger partial charge >= 0.3 is 0 Å². The van der Waals surface area contributed by atoms with E-state index >= 15 is 0 Å². The Hall–Kier alpha value is -2.24. The third-order valence-electron chi connectivity index (χ3n) is 5.28. The molecule has 0 radical (unpaired) electrons. The van der Waals surface area contributed by atoms with E-state index in [9.17, 15) is 9.59 Å². The van der Waals surface area contributed by atoms with Crippen molar-refractivity contribution in [1.29, 1.82) is 0 Å². The molecule has 2 aliphatic rings. The van der Waals surface area contributed by atoms with Crippen LogP contribution in [0.25, 0.3) is 0 Å². The maximum absolute atomic E-state index is 13.1. The van der Waals surface area contributed by atoms with E-state index < -0.39 is 0 Å². The summed E-state index contributed by atoms with van der Waals surface area (Å²) in [5.74, 6) is 1.45. The lowest BCUT2D eigenvalue weighted by Gasteiger charge is -2.28. The molecule has 0 saturated carbocycles. The second-order valence-corrected chi connectivity index (χ2v) is 6.63. The molecule has 1 aromatic rings. The molecule has 2 amide bonds. The van der Waals surface area contributed by atoms with E-state index in [-0.39, 0.29) is 23.8 Å². The van der Waals surface area contributed by atoms with Gasteiger partial charge in [-0.1, -0.05) is 0 Å². The molecule has 136 valence electrons. The van der Waals surface area contributed by atoms with Crippen LogP contribution in [0.5, 0.6) is 11.5 Å². The van der Waals surface area contributed by atoms with Gasteiger partial charge in [0, 0.05) is 31.6 Å². The maximum atomic E-state index is 13.1. The SMILES string of the molecule is CCN1C[C@H](C(=O)N2CCC[C@@H]2c2cc(OC)ccc2OC)CC1=O. The largest absolute Gasteiger partial charge is 0.497 e. The lowest BCUT2D eigenvalue weighted by atomic mass is 10.0. The van der Waals surface area contributed by atoms with Crippen molar-refractivity contribution in [1.82, 2.24) is 9.80 Å². The summed E-state index contributed by atoms with van der Waals surface area (Å²) in [5.41, 5.74) is 0.976. The molecule has 1 aromatic carbocycles. The minimum absolute atomic E-state index is 0.0247. The van der Waals surface area contributed by atoms with Crippen LogP contribution in [0.15, 0.2) is 18.2 Å². The van der Waals surface area contributed by atoms with Crippen LogP contribution in [0, 0.1) is 5.92 Å². The number of benzene rings is 1. The van der Waals surface area contributed by atoms with Crippen molar-refractivity contribution in [3.8, 4) is 11.5 Å². The number of hydrogen-bond acceptors (Lipinski definition) is 4. The van der Waals surface area contributed by atoms with E-state index in [1.54, 1.807) is 19.1 Å². The Balaban J connectivity index is 1.83. The molecule has 2 atom stereocenters. The quantitative estimate of drug-likeness (QED) is 0.820. The van der Waals surface area contributed by atoms with E-state index in [1.807, 2.05) is 30.0 Å². The minimum atomic E-state index is -0.232. The first kappa shape index (κ1) is 17.6. The highest BCUT2D eigenvalue weighted by atomic mass is 16.5. The number of carbonyl (C=O) groups excluding carboxylic acids is 2. The van der Waals surface area contributed by atoms with E-state index in [4.69, 9.17) is 9.47 Å². The van der Waals surface area contributed by atoms with Crippen LogP contribution in [0.2, 0.25) is 0 Å². The predicted octanol–water partition coefficient (Wildman–Crippen LogP) is 2.24. The van der Waals surface area contributed by atoms with Crippen molar-refractivity contribution in [2.24, 2.45) is 5.92 Å². The van der Waals surface area contributed by atoms with Gasteiger partial charge in [0.25, 0.3) is 0 Å². The summed E-state index contributed by atoms with van der Waals surface area (Å²) in [6, 6.07) is 5.67. The van der Waals surface area contributed by atoms with Gasteiger partial charge in [0.1, 0.15) is 11.5 Å². The zero-order valence-corrected chi connectivity index (χ0v) is 15.2. The van der Waals surface area contributed by atoms with Gasteiger partial charge < -0.3 is 19.3 Å². The average molecular weight is 346 g/mol. The second-order valence-electron chi connectivity index (χ2n) is 6.63. The van der Waals surface area contributed by atoms with Crippen molar-refractivity contribution in [3.63, 3.8) is 0 Å². The summed E-state index contributed by atoms with van der Waals surface area (Å²) in [5, 5.41) is 0. The smallest absolute Gasteiger partial charge is 0.228 e. The fourth-order valence-corrected chi connectivity index (χ4v) is 3.93. The molecule has 6 nitrogen and oxygen atoms in total. The molecule has 0 bridgehead atoms. The third-order valence-corrected chi connectivity index (χ3v) is 5.28. The minimum Gasteiger partial charge on any atom is -0.497 e. The highest BCUT2D eigenvalue weighted by molar-refractivity contribution is 5.89. The number of amides is 2. The highest BCUT2D eigenvalue weighted by Crippen LogP contribution is 2.40. The molecule has 0 aliphatic carbocycles. The average Bonchev–Trinajstić information content (AvgIpc) is 3.27. The summed E-state index contributed by atoms with van der Waals surface area (Å²) >= 11 is 0. The molecular formula is C19H26N2O4. The third kappa shape index (κ3) is 3.30. The summed E-state index contributed by atoms with van der Waals surface area (Å²) in [6.07, 6.45) is 2.17. The molecule has 25 heavy (non-hydrogen) atoms. The molecule has 2 saturated heterocycles. The maximum Gasteiger partial charge on any atom is 0.228 e. The first-order valence-corrected chi connectivity index (χ1v) is 8.89. The zero-order chi connectivity index (χ0) is 18.0. The van der Waals surface area contributed by atoms with E-state index in [0.717, 1.165) is 36.4 Å². The van der Waals surface area contributed by atoms with Gasteiger partial charge in [-0.3, -0.25) is 9.59 Å². The van der Waals surface area contributed by atoms with Crippen LogP contribution in [0.4, 0.5) is 0 Å². The van der Waals surface area contributed by atoms with E-state index in [0.29, 0.717) is 19.5 Å². The van der Waals surface area contributed by atoms with Gasteiger partial charge in [0.05, 0.1) is 26.2 Å². The highest BCUT2D eigenvalue weighted by Gasteiger charge is 2.40. The van der Waals surface area contributed by atoms with Gasteiger partial charge in [-0.2, -0.15) is 0 Å². The van der Waals surface area contributed by atoms with Crippen molar-refractivity contribution < 1.29 is 19.1 Å². The number of ether oxygens (including phenoxy) is 2. The Morgan fingerprint density at radius 1 is 1.28 bits per heavy atom. The molecule has 2 aliphatic heterocycles. The number of carbonyl (C=O) groups is 2. The normalized spacial score (nSPS) is 23.2. The zero-order valence-electron chi connectivity index (χ0n) is 15.2. The molecular weight excluding hydrogens is 320 g/mol. The summed E-state index contributed by atoms with van der Waals surface area (Å²) in [4.78, 5) is 28.7. The Labute approximate surface area is 148 Å². The second kappa shape index (κ2) is 7.33. The molecule has 2 heterocycles. The molecule has 0 spiro atoms. The Bertz CT molecular complexity index is 661. The van der Waals surface area contributed by atoms with Gasteiger partial charge in [-0.05, 0) is 38.0 Å². The van der Waals surface area contributed by atoms with Crippen molar-refractivity contribution in [2.45, 2.75) is 32.2 Å². The molecule has 0 unspecified atom stereocenters. The fourth-order valence-electron chi connectivity index (χ4n) is 3.93. The van der Waals surface area contributed by atoms with Gasteiger partial charge in [-0.25, -0.2) is 0 Å². The van der Waals surface area contributed by atoms with Crippen molar-refractivity contribution in [2.75, 3.05) is 33.9 Å². The Morgan fingerprint density at radius 3 is 2.72 bits per heavy atom. The Morgan fingerprint density at radius 2 is 2.08 bits per heavy atom. The van der Waals surface area contributed by atoms with E-state index in [2.05, 4.69) is 0 Å². The molecule has 0 aromatic heterocycles. The predicted molar refractivity (Wildman–Crippen MR) is 93.6 cm³/mol. The fraction of sp³-hybridized carbons (Fsp3) is 0.579. The first-order valence-electron chi connectivity index (χ1n) is 8.89. The van der Waals surface area contributed by atoms with Crippen LogP contribution < -0.4 is 9.47 Å². The van der Waals surface area contributed by atoms with Crippen LogP contribution in [0.1, 0.15) is 37.8 Å². The monoisotopic (exact) mass is 346 g/mol. The summed E-state index contributed by atoms with van der Waals surface area (Å²) in [6.45, 7) is 3.87. The molecule has 6 heteroatoms. The number of methoxy groups -OCH3 is 2. The first-order chi connectivity index (χ1) is 12.1. The van der Waals surface area contributed by atoms with Gasteiger partial charge in [0.2, 0.25) is 11.8 Å². The molecule has 2 fully saturated rings. The molecule has 3 rings (SSSR count). The standard InChI is InChI=1S/C19H26N2O4/c1-4-20-12-13(10-18(20)22)19(23)21-9-5-6-16(21)15-11-14(24-2)7-8-17(15)25-3/h7-8,11,13,16H,4-6,9-10,12H2,1-3H3/t13-,16-/m1/s1. The van der Waals surface area contributed by atoms with Crippen LogP contribution in [-0.4, -0.2) is 55.5 Å². The summed E-state index contributed by atoms with van der Waals surface area (Å²) < 4.78 is 10.8. The van der Waals surface area contributed by atoms with Crippen LogP contribution in [-0.2, 0) is 9.59 Å². The topological polar surface area (TPSA) is 59.1 Å². The Kier molecular flexibility index (Phi) is 5.16. The molecule has 0 N–H and O–H groups in total. The van der Waals surface area contributed by atoms with Crippen molar-refractivity contribution >= 4 is 11.8 Å². The van der Waals surface area contributed by atoms with Gasteiger partial charge in [0.15, 0.2) is 0 Å². The summed E-state index contributed by atoms with van der Waals surface area (Å²) in [7, 11) is 3.27. The number of nitrogens with zero attached hydrogens (tertiary/aromatic N) is 2. The lowest BCUT2D eigenvalue weighted by Crippen LogP contribution is -2.37.